The Labute approximate surface area is 337 Å². The second kappa shape index (κ2) is 15.8. The van der Waals surface area contributed by atoms with Gasteiger partial charge in [0.25, 0.3) is 5.91 Å². The van der Waals surface area contributed by atoms with Crippen molar-refractivity contribution >= 4 is 23.2 Å². The number of thiophene rings is 1. The average molecular weight is 772 g/mol. The maximum absolute atomic E-state index is 13.9. The van der Waals surface area contributed by atoms with Crippen LogP contribution in [0.15, 0.2) is 134 Å². The first-order valence-corrected chi connectivity index (χ1v) is 20.5. The highest BCUT2D eigenvalue weighted by Gasteiger charge is 2.37. The molecule has 2 saturated heterocycles. The minimum atomic E-state index is -0.341. The molecule has 2 aliphatic rings. The molecule has 2 amide bonds. The number of likely N-dealkylation sites (N-methyl/N-ethyl adjacent to an activating group) is 1. The lowest BCUT2D eigenvalue weighted by atomic mass is 10.0. The number of amides is 2. The fourth-order valence-electron chi connectivity index (χ4n) is 8.40. The molecule has 2 N–H and O–H groups in total. The van der Waals surface area contributed by atoms with Crippen LogP contribution in [0.25, 0.3) is 44.1 Å². The Morgan fingerprint density at radius 1 is 0.632 bits per heavy atom. The van der Waals surface area contributed by atoms with Gasteiger partial charge >= 0.3 is 0 Å². The highest BCUT2D eigenvalue weighted by Crippen LogP contribution is 2.37. The molecule has 3 atom stereocenters. The van der Waals surface area contributed by atoms with Gasteiger partial charge in [0.2, 0.25) is 5.91 Å². The van der Waals surface area contributed by atoms with Crippen LogP contribution in [0.3, 0.4) is 0 Å². The van der Waals surface area contributed by atoms with Gasteiger partial charge in [-0.25, -0.2) is 9.97 Å². The lowest BCUT2D eigenvalue weighted by molar-refractivity contribution is -0.137. The van der Waals surface area contributed by atoms with Crippen molar-refractivity contribution < 1.29 is 9.59 Å². The van der Waals surface area contributed by atoms with Gasteiger partial charge in [0.1, 0.15) is 17.7 Å². The van der Waals surface area contributed by atoms with Crippen LogP contribution in [0.2, 0.25) is 0 Å². The Morgan fingerprint density at radius 3 is 1.70 bits per heavy atom. The number of hydrogen-bond donors (Lipinski definition) is 2. The molecule has 0 bridgehead atoms. The predicted molar refractivity (Wildman–Crippen MR) is 226 cm³/mol. The quantitative estimate of drug-likeness (QED) is 0.144. The zero-order valence-corrected chi connectivity index (χ0v) is 33.0. The van der Waals surface area contributed by atoms with Crippen LogP contribution in [0, 0.1) is 0 Å². The van der Waals surface area contributed by atoms with E-state index in [0.717, 1.165) is 105 Å². The maximum Gasteiger partial charge on any atom is 0.264 e. The topological polar surface area (TPSA) is 101 Å². The van der Waals surface area contributed by atoms with E-state index in [1.165, 1.54) is 0 Å². The zero-order chi connectivity index (χ0) is 38.9. The third kappa shape index (κ3) is 7.34. The van der Waals surface area contributed by atoms with Crippen LogP contribution >= 0.6 is 11.3 Å². The Hall–Kier alpha value is -6.10. The molecule has 2 aliphatic heterocycles. The van der Waals surface area contributed by atoms with Gasteiger partial charge < -0.3 is 19.8 Å². The summed E-state index contributed by atoms with van der Waals surface area (Å²) in [4.78, 5) is 52.0. The molecule has 0 aliphatic carbocycles. The number of likely N-dealkylation sites (tertiary alicyclic amines) is 2. The number of benzene rings is 4. The van der Waals surface area contributed by atoms with E-state index < -0.39 is 0 Å². The molecule has 9 rings (SSSR count). The molecular weight excluding hydrogens is 727 g/mol. The highest BCUT2D eigenvalue weighted by atomic mass is 32.1. The first kappa shape index (κ1) is 36.5. The van der Waals surface area contributed by atoms with E-state index in [1.54, 1.807) is 11.3 Å². The van der Waals surface area contributed by atoms with Crippen LogP contribution in [0.5, 0.6) is 0 Å². The molecule has 4 aromatic carbocycles. The van der Waals surface area contributed by atoms with Crippen LogP contribution in [-0.2, 0) is 4.79 Å². The highest BCUT2D eigenvalue weighted by molar-refractivity contribution is 7.17. The van der Waals surface area contributed by atoms with E-state index in [9.17, 15) is 9.59 Å². The van der Waals surface area contributed by atoms with E-state index >= 15 is 0 Å². The van der Waals surface area contributed by atoms with E-state index in [4.69, 9.17) is 9.97 Å². The second-order valence-electron chi connectivity index (χ2n) is 15.2. The number of hydrogen-bond acceptors (Lipinski definition) is 6. The van der Waals surface area contributed by atoms with E-state index in [2.05, 4.69) is 70.6 Å². The zero-order valence-electron chi connectivity index (χ0n) is 32.1. The number of imidazole rings is 2. The summed E-state index contributed by atoms with van der Waals surface area (Å²) in [6.07, 6.45) is 7.42. The summed E-state index contributed by atoms with van der Waals surface area (Å²) < 4.78 is 0. The van der Waals surface area contributed by atoms with Gasteiger partial charge in [-0.1, -0.05) is 109 Å². The first-order valence-electron chi connectivity index (χ1n) is 19.7. The Kier molecular flexibility index (Phi) is 10.1. The Bertz CT molecular complexity index is 2470. The molecule has 0 spiro atoms. The van der Waals surface area contributed by atoms with Crippen LogP contribution in [0.4, 0.5) is 0 Å². The van der Waals surface area contributed by atoms with Gasteiger partial charge in [-0.15, -0.1) is 11.3 Å². The van der Waals surface area contributed by atoms with Crippen molar-refractivity contribution in [1.29, 1.82) is 0 Å². The number of nitrogens with one attached hydrogen (secondary N) is 2. The Morgan fingerprint density at radius 2 is 1.14 bits per heavy atom. The Balaban J connectivity index is 0.853. The smallest absolute Gasteiger partial charge is 0.264 e. The summed E-state index contributed by atoms with van der Waals surface area (Å²) in [5.74, 6) is 1.83. The maximum atomic E-state index is 13.9. The molecule has 0 radical (unpaired) electrons. The monoisotopic (exact) mass is 771 g/mol. The normalized spacial score (nSPS) is 17.4. The van der Waals surface area contributed by atoms with Crippen LogP contribution in [0.1, 0.15) is 70.7 Å². The largest absolute Gasteiger partial charge is 0.340 e. The summed E-state index contributed by atoms with van der Waals surface area (Å²) in [5.41, 5.74) is 8.30. The third-order valence-electron chi connectivity index (χ3n) is 11.3. The van der Waals surface area contributed by atoms with Crippen molar-refractivity contribution in [2.45, 2.75) is 43.8 Å². The van der Waals surface area contributed by atoms with Gasteiger partial charge in [0, 0.05) is 18.0 Å². The number of carbonyl (C=O) groups is 2. The molecule has 0 saturated carbocycles. The van der Waals surface area contributed by atoms with Crippen molar-refractivity contribution in [2.24, 2.45) is 0 Å². The molecule has 2 fully saturated rings. The SMILES string of the molecule is CN(C)C(C(=O)N1CCC[C@H]1c1ncc(-c2ccc(-c3ccc(-c4cnc([C@@H]5CCCN5C(=O)c5ccc(-c6ccccc6)s5)[nH]4)cc3)cc2)[nH]1)c1ccccc1. The number of aromatic nitrogens is 4. The molecule has 57 heavy (non-hydrogen) atoms. The van der Waals surface area contributed by atoms with Crippen molar-refractivity contribution in [2.75, 3.05) is 27.2 Å². The standard InChI is InChI=1S/C47H45N7O2S/c1-52(2)43(36-13-7-4-8-14-36)47(56)54-28-10-16-40(54)45-49-30-38(51-45)34-23-19-32(20-24-34)31-17-21-33(22-18-31)37-29-48-44(50-37)39-15-9-27-53(39)46(55)42-26-25-41(57-42)35-11-5-3-6-12-35/h3-8,11-14,17-26,29-30,39-40,43H,9-10,15-16,27-28H2,1-2H3,(H,48,50)(H,49,51)/t39-,40-,43?/m0/s1. The van der Waals surface area contributed by atoms with Crippen molar-refractivity contribution in [1.82, 2.24) is 34.6 Å². The van der Waals surface area contributed by atoms with Crippen LogP contribution < -0.4 is 0 Å². The van der Waals surface area contributed by atoms with E-state index in [0.29, 0.717) is 0 Å². The van der Waals surface area contributed by atoms with Gasteiger partial charge in [-0.05, 0) is 85.3 Å². The summed E-state index contributed by atoms with van der Waals surface area (Å²) in [7, 11) is 3.92. The number of H-pyrrole nitrogens is 2. The summed E-state index contributed by atoms with van der Waals surface area (Å²) in [6.45, 7) is 1.44. The van der Waals surface area contributed by atoms with Crippen molar-refractivity contribution in [3.63, 3.8) is 0 Å². The predicted octanol–water partition coefficient (Wildman–Crippen LogP) is 9.81. The van der Waals surface area contributed by atoms with E-state index in [1.807, 2.05) is 102 Å². The summed E-state index contributed by atoms with van der Waals surface area (Å²) >= 11 is 1.55. The minimum Gasteiger partial charge on any atom is -0.340 e. The fourth-order valence-corrected chi connectivity index (χ4v) is 9.37. The number of rotatable bonds is 10. The second-order valence-corrected chi connectivity index (χ2v) is 16.3. The van der Waals surface area contributed by atoms with Gasteiger partial charge in [-0.3, -0.25) is 14.5 Å². The van der Waals surface area contributed by atoms with Crippen molar-refractivity contribution in [3.8, 4) is 44.1 Å². The fraction of sp³-hybridized carbons (Fsp3) is 0.234. The average Bonchev–Trinajstić information content (AvgIpc) is 4.11. The molecule has 9 nitrogen and oxygen atoms in total. The first-order chi connectivity index (χ1) is 27.9. The molecule has 10 heteroatoms. The third-order valence-corrected chi connectivity index (χ3v) is 12.5. The molecule has 1 unspecified atom stereocenters. The number of nitrogens with zero attached hydrogens (tertiary/aromatic N) is 5. The number of carbonyl (C=O) groups excluding carboxylic acids is 2. The van der Waals surface area contributed by atoms with Gasteiger partial charge in [0.05, 0.1) is 40.7 Å². The molecule has 3 aromatic heterocycles. The number of aromatic amines is 2. The van der Waals surface area contributed by atoms with Gasteiger partial charge in [0.15, 0.2) is 0 Å². The lowest BCUT2D eigenvalue weighted by Crippen LogP contribution is -2.40. The molecule has 286 valence electrons. The molecule has 5 heterocycles. The van der Waals surface area contributed by atoms with Crippen LogP contribution in [-0.4, -0.2) is 73.6 Å². The summed E-state index contributed by atoms with van der Waals surface area (Å²) in [5, 5.41) is 0. The summed E-state index contributed by atoms with van der Waals surface area (Å²) in [6, 6.07) is 40.7. The van der Waals surface area contributed by atoms with E-state index in [-0.39, 0.29) is 29.9 Å². The molecule has 7 aromatic rings. The minimum absolute atomic E-state index is 0.0655. The lowest BCUT2D eigenvalue weighted by Gasteiger charge is -2.31. The van der Waals surface area contributed by atoms with Crippen molar-refractivity contribution in [3.05, 3.63) is 156 Å². The van der Waals surface area contributed by atoms with Gasteiger partial charge in [-0.2, -0.15) is 0 Å². The molecular formula is C47H45N7O2S.